The van der Waals surface area contributed by atoms with E-state index in [9.17, 15) is 4.79 Å². The van der Waals surface area contributed by atoms with Gasteiger partial charge in [-0.25, -0.2) is 0 Å². The molecule has 1 heterocycles. The summed E-state index contributed by atoms with van der Waals surface area (Å²) in [5.74, 6) is 0.623. The van der Waals surface area contributed by atoms with Gasteiger partial charge in [-0.2, -0.15) is 0 Å². The Morgan fingerprint density at radius 1 is 1.30 bits per heavy atom. The molecule has 0 fully saturated rings. The van der Waals surface area contributed by atoms with Crippen LogP contribution in [0.1, 0.15) is 4.88 Å². The van der Waals surface area contributed by atoms with Crippen molar-refractivity contribution in [2.45, 2.75) is 6.42 Å². The monoisotopic (exact) mass is 306 g/mol. The fourth-order valence-electron chi connectivity index (χ4n) is 1.57. The standard InChI is InChI=1S/C14H14N2O2S2/c15-13(19)9-18-11-5-3-10(4-6-11)16-14(17)8-12-2-1-7-20-12/h1-7H,8-9H2,(H2,15,19)(H,16,17). The number of anilines is 1. The van der Waals surface area contributed by atoms with Gasteiger partial charge in [0.15, 0.2) is 0 Å². The molecule has 1 amide bonds. The summed E-state index contributed by atoms with van der Waals surface area (Å²) in [6.45, 7) is 0.208. The minimum absolute atomic E-state index is 0.0377. The lowest BCUT2D eigenvalue weighted by molar-refractivity contribution is -0.115. The fraction of sp³-hybridized carbons (Fsp3) is 0.143. The summed E-state index contributed by atoms with van der Waals surface area (Å²) in [4.78, 5) is 13.2. The number of nitrogens with one attached hydrogen (secondary N) is 1. The van der Waals surface area contributed by atoms with Gasteiger partial charge in [0, 0.05) is 10.6 Å². The van der Waals surface area contributed by atoms with Crippen molar-refractivity contribution in [3.63, 3.8) is 0 Å². The highest BCUT2D eigenvalue weighted by molar-refractivity contribution is 7.80. The van der Waals surface area contributed by atoms with Crippen LogP contribution in [0, 0.1) is 0 Å². The van der Waals surface area contributed by atoms with Gasteiger partial charge >= 0.3 is 0 Å². The second-order valence-corrected chi connectivity index (χ2v) is 5.64. The van der Waals surface area contributed by atoms with E-state index < -0.39 is 0 Å². The lowest BCUT2D eigenvalue weighted by Crippen LogP contribution is -2.17. The normalized spacial score (nSPS) is 10.0. The van der Waals surface area contributed by atoms with Crippen LogP contribution < -0.4 is 15.8 Å². The van der Waals surface area contributed by atoms with Crippen molar-refractivity contribution in [2.75, 3.05) is 11.9 Å². The van der Waals surface area contributed by atoms with Gasteiger partial charge in [0.2, 0.25) is 5.91 Å². The Labute approximate surface area is 126 Å². The summed E-state index contributed by atoms with van der Waals surface area (Å²) in [7, 11) is 0. The first-order chi connectivity index (χ1) is 9.63. The first-order valence-corrected chi connectivity index (χ1v) is 7.25. The molecule has 6 heteroatoms. The molecule has 4 nitrogen and oxygen atoms in total. The third-order valence-electron chi connectivity index (χ3n) is 2.43. The molecule has 104 valence electrons. The molecule has 0 unspecified atom stereocenters. The van der Waals surface area contributed by atoms with Gasteiger partial charge in [-0.1, -0.05) is 18.3 Å². The van der Waals surface area contributed by atoms with E-state index in [4.69, 9.17) is 22.7 Å². The minimum atomic E-state index is -0.0377. The first kappa shape index (κ1) is 14.5. The van der Waals surface area contributed by atoms with E-state index in [2.05, 4.69) is 5.32 Å². The summed E-state index contributed by atoms with van der Waals surface area (Å²) in [5.41, 5.74) is 6.08. The lowest BCUT2D eigenvalue weighted by Gasteiger charge is -2.07. The molecule has 0 bridgehead atoms. The van der Waals surface area contributed by atoms with Gasteiger partial charge in [0.1, 0.15) is 17.3 Å². The van der Waals surface area contributed by atoms with Crippen LogP contribution in [0.3, 0.4) is 0 Å². The number of nitrogens with two attached hydrogens (primary N) is 1. The van der Waals surface area contributed by atoms with Crippen LogP contribution in [0.5, 0.6) is 5.75 Å². The fourth-order valence-corrected chi connectivity index (χ4v) is 2.33. The Morgan fingerprint density at radius 2 is 2.05 bits per heavy atom. The average molecular weight is 306 g/mol. The predicted octanol–water partition coefficient (Wildman–Crippen LogP) is 2.59. The molecule has 1 aromatic heterocycles. The molecule has 0 spiro atoms. The van der Waals surface area contributed by atoms with Crippen molar-refractivity contribution in [1.29, 1.82) is 0 Å². The van der Waals surface area contributed by atoms with E-state index >= 15 is 0 Å². The molecule has 0 aliphatic heterocycles. The molecular weight excluding hydrogens is 292 g/mol. The van der Waals surface area contributed by atoms with Gasteiger partial charge < -0.3 is 15.8 Å². The summed E-state index contributed by atoms with van der Waals surface area (Å²) >= 11 is 6.30. The molecule has 20 heavy (non-hydrogen) atoms. The second-order valence-electron chi connectivity index (χ2n) is 4.08. The molecule has 0 aliphatic carbocycles. The number of hydrogen-bond acceptors (Lipinski definition) is 4. The number of amides is 1. The SMILES string of the molecule is NC(=S)COc1ccc(NC(=O)Cc2cccs2)cc1. The van der Waals surface area contributed by atoms with Crippen molar-refractivity contribution in [3.8, 4) is 5.75 Å². The van der Waals surface area contributed by atoms with Gasteiger partial charge in [-0.15, -0.1) is 11.3 Å². The van der Waals surface area contributed by atoms with Crippen molar-refractivity contribution in [3.05, 3.63) is 46.7 Å². The maximum absolute atomic E-state index is 11.8. The quantitative estimate of drug-likeness (QED) is 0.805. The Hall–Kier alpha value is -1.92. The Kier molecular flexibility index (Phi) is 5.09. The van der Waals surface area contributed by atoms with E-state index in [1.807, 2.05) is 17.5 Å². The average Bonchev–Trinajstić information content (AvgIpc) is 2.90. The van der Waals surface area contributed by atoms with Crippen molar-refractivity contribution >= 4 is 40.1 Å². The molecule has 0 saturated carbocycles. The molecule has 0 saturated heterocycles. The largest absolute Gasteiger partial charge is 0.487 e. The van der Waals surface area contributed by atoms with Crippen LogP contribution in [0.2, 0.25) is 0 Å². The van der Waals surface area contributed by atoms with Crippen molar-refractivity contribution in [2.24, 2.45) is 5.73 Å². The van der Waals surface area contributed by atoms with Crippen LogP contribution in [0.25, 0.3) is 0 Å². The highest BCUT2D eigenvalue weighted by Gasteiger charge is 2.05. The molecule has 1 aromatic carbocycles. The number of hydrogen-bond donors (Lipinski definition) is 2. The van der Waals surface area contributed by atoms with E-state index in [-0.39, 0.29) is 12.5 Å². The van der Waals surface area contributed by atoms with E-state index in [0.29, 0.717) is 17.2 Å². The number of rotatable bonds is 6. The smallest absolute Gasteiger partial charge is 0.229 e. The van der Waals surface area contributed by atoms with Gasteiger partial charge in [-0.3, -0.25) is 4.79 Å². The number of benzene rings is 1. The topological polar surface area (TPSA) is 64.3 Å². The van der Waals surface area contributed by atoms with Crippen LogP contribution in [0.15, 0.2) is 41.8 Å². The minimum Gasteiger partial charge on any atom is -0.487 e. The Balaban J connectivity index is 1.86. The number of carbonyl (C=O) groups excluding carboxylic acids is 1. The third kappa shape index (κ3) is 4.64. The summed E-state index contributed by atoms with van der Waals surface area (Å²) in [5, 5.41) is 4.79. The van der Waals surface area contributed by atoms with Crippen LogP contribution in [-0.4, -0.2) is 17.5 Å². The zero-order chi connectivity index (χ0) is 14.4. The maximum Gasteiger partial charge on any atom is 0.229 e. The summed E-state index contributed by atoms with van der Waals surface area (Å²) < 4.78 is 5.34. The summed E-state index contributed by atoms with van der Waals surface area (Å²) in [6, 6.07) is 11.0. The number of carbonyl (C=O) groups is 1. The van der Waals surface area contributed by atoms with Crippen molar-refractivity contribution < 1.29 is 9.53 Å². The second kappa shape index (κ2) is 7.02. The van der Waals surface area contributed by atoms with Crippen LogP contribution in [0.4, 0.5) is 5.69 Å². The van der Waals surface area contributed by atoms with Gasteiger partial charge in [-0.05, 0) is 35.7 Å². The molecule has 2 aromatic rings. The van der Waals surface area contributed by atoms with Gasteiger partial charge in [0.05, 0.1) is 6.42 Å². The Morgan fingerprint density at radius 3 is 2.65 bits per heavy atom. The molecule has 2 rings (SSSR count). The number of ether oxygens (including phenoxy) is 1. The van der Waals surface area contributed by atoms with Gasteiger partial charge in [0.25, 0.3) is 0 Å². The molecule has 0 radical (unpaired) electrons. The van der Waals surface area contributed by atoms with Crippen molar-refractivity contribution in [1.82, 2.24) is 0 Å². The lowest BCUT2D eigenvalue weighted by atomic mass is 10.2. The molecule has 0 atom stereocenters. The van der Waals surface area contributed by atoms with Crippen LogP contribution in [-0.2, 0) is 11.2 Å². The number of thiophene rings is 1. The number of thiocarbonyl (C=S) groups is 1. The molecular formula is C14H14N2O2S2. The van der Waals surface area contributed by atoms with E-state index in [1.165, 1.54) is 0 Å². The zero-order valence-electron chi connectivity index (χ0n) is 10.7. The molecule has 3 N–H and O–H groups in total. The van der Waals surface area contributed by atoms with E-state index in [0.717, 1.165) is 10.6 Å². The van der Waals surface area contributed by atoms with Crippen LogP contribution >= 0.6 is 23.6 Å². The molecule has 0 aliphatic rings. The third-order valence-corrected chi connectivity index (χ3v) is 3.43. The summed E-state index contributed by atoms with van der Waals surface area (Å²) in [6.07, 6.45) is 0.386. The highest BCUT2D eigenvalue weighted by atomic mass is 32.1. The first-order valence-electron chi connectivity index (χ1n) is 5.97. The predicted molar refractivity (Wildman–Crippen MR) is 85.4 cm³/mol. The maximum atomic E-state index is 11.8. The Bertz CT molecular complexity index is 580. The van der Waals surface area contributed by atoms with E-state index in [1.54, 1.807) is 35.6 Å². The highest BCUT2D eigenvalue weighted by Crippen LogP contribution is 2.16. The zero-order valence-corrected chi connectivity index (χ0v) is 12.3.